The number of nitrogens with one attached hydrogen (secondary N) is 1. The third-order valence-electron chi connectivity index (χ3n) is 0.870. The van der Waals surface area contributed by atoms with E-state index in [2.05, 4.69) is 10.2 Å². The minimum absolute atomic E-state index is 0.569. The zero-order valence-electron chi connectivity index (χ0n) is 6.54. The maximum Gasteiger partial charge on any atom is 0.490 e. The number of aliphatic carboxylic acids is 1. The number of nitrogens with zero attached hydrogens (tertiary/aromatic N) is 2. The Morgan fingerprint density at radius 1 is 1.64 bits per heavy atom. The Hall–Kier alpha value is -2.04. The van der Waals surface area contributed by atoms with Crippen LogP contribution in [0.1, 0.15) is 5.56 Å². The Balaban J connectivity index is 0.000000241. The predicted octanol–water partition coefficient (Wildman–Crippen LogP) is 0.915. The molecule has 76 valence electrons. The molecular formula is C6H4F3N3O2. The molecule has 1 aromatic rings. The van der Waals surface area contributed by atoms with Crippen molar-refractivity contribution in [3.63, 3.8) is 0 Å². The van der Waals surface area contributed by atoms with Crippen LogP contribution in [0, 0.1) is 11.3 Å². The maximum atomic E-state index is 10.6. The van der Waals surface area contributed by atoms with Crippen LogP contribution < -0.4 is 0 Å². The molecule has 0 fully saturated rings. The molecule has 1 rings (SSSR count). The second-order valence-corrected chi connectivity index (χ2v) is 1.90. The zero-order chi connectivity index (χ0) is 11.2. The molecule has 0 aliphatic heterocycles. The van der Waals surface area contributed by atoms with Gasteiger partial charge < -0.3 is 5.11 Å². The average molecular weight is 207 g/mol. The van der Waals surface area contributed by atoms with E-state index < -0.39 is 12.1 Å². The molecule has 0 saturated carbocycles. The molecule has 0 unspecified atom stereocenters. The van der Waals surface area contributed by atoms with Crippen molar-refractivity contribution in [1.82, 2.24) is 10.2 Å². The van der Waals surface area contributed by atoms with Gasteiger partial charge in [-0.1, -0.05) is 0 Å². The first-order valence-electron chi connectivity index (χ1n) is 3.07. The van der Waals surface area contributed by atoms with Gasteiger partial charge in [-0.3, -0.25) is 5.10 Å². The van der Waals surface area contributed by atoms with Crippen LogP contribution in [0.5, 0.6) is 0 Å². The lowest BCUT2D eigenvalue weighted by atomic mass is 10.4. The molecule has 1 aromatic heterocycles. The monoisotopic (exact) mass is 207 g/mol. The van der Waals surface area contributed by atoms with Gasteiger partial charge in [0.25, 0.3) is 0 Å². The van der Waals surface area contributed by atoms with Gasteiger partial charge in [0.2, 0.25) is 0 Å². The van der Waals surface area contributed by atoms with Crippen LogP contribution in [0.25, 0.3) is 0 Å². The standard InChI is InChI=1S/C4H3N3.C2HF3O2/c5-1-4-2-6-7-3-4;3-2(4,5)1(6)7/h2-3H,(H,6,7);(H,6,7). The number of nitriles is 1. The number of rotatable bonds is 0. The number of hydrogen-bond donors (Lipinski definition) is 2. The van der Waals surface area contributed by atoms with Gasteiger partial charge in [0.05, 0.1) is 11.8 Å². The van der Waals surface area contributed by atoms with Gasteiger partial charge in [-0.2, -0.15) is 23.5 Å². The summed E-state index contributed by atoms with van der Waals surface area (Å²) in [6.07, 6.45) is -2.07. The molecule has 0 aromatic carbocycles. The second kappa shape index (κ2) is 4.86. The van der Waals surface area contributed by atoms with Gasteiger partial charge in [0.1, 0.15) is 6.07 Å². The SMILES string of the molecule is N#Cc1cn[nH]c1.O=C(O)C(F)(F)F. The number of halogens is 3. The Labute approximate surface area is 75.8 Å². The Morgan fingerprint density at radius 3 is 2.29 bits per heavy atom. The molecule has 1 heterocycles. The zero-order valence-corrected chi connectivity index (χ0v) is 6.54. The molecule has 0 amide bonds. The molecule has 14 heavy (non-hydrogen) atoms. The summed E-state index contributed by atoms with van der Waals surface area (Å²) in [4.78, 5) is 8.90. The van der Waals surface area contributed by atoms with Crippen LogP contribution in [0.4, 0.5) is 13.2 Å². The normalized spacial score (nSPS) is 9.57. The Morgan fingerprint density at radius 2 is 2.14 bits per heavy atom. The molecule has 0 atom stereocenters. The molecular weight excluding hydrogens is 203 g/mol. The van der Waals surface area contributed by atoms with Crippen molar-refractivity contribution in [3.8, 4) is 6.07 Å². The molecule has 0 bridgehead atoms. The van der Waals surface area contributed by atoms with E-state index in [0.717, 1.165) is 0 Å². The van der Waals surface area contributed by atoms with Gasteiger partial charge in [0.15, 0.2) is 0 Å². The fraction of sp³-hybridized carbons (Fsp3) is 0.167. The van der Waals surface area contributed by atoms with Crippen molar-refractivity contribution in [2.45, 2.75) is 6.18 Å². The number of carboxylic acid groups (broad SMARTS) is 1. The van der Waals surface area contributed by atoms with Crippen LogP contribution in [0.15, 0.2) is 12.4 Å². The molecule has 5 nitrogen and oxygen atoms in total. The summed E-state index contributed by atoms with van der Waals surface area (Å²) in [7, 11) is 0. The fourth-order valence-corrected chi connectivity index (χ4v) is 0.312. The number of alkyl halides is 3. The molecule has 0 aliphatic carbocycles. The average Bonchev–Trinajstić information content (AvgIpc) is 2.54. The minimum Gasteiger partial charge on any atom is -0.475 e. The van der Waals surface area contributed by atoms with Crippen molar-refractivity contribution >= 4 is 5.97 Å². The van der Waals surface area contributed by atoms with Crippen LogP contribution in [-0.2, 0) is 4.79 Å². The summed E-state index contributed by atoms with van der Waals surface area (Å²) in [6.45, 7) is 0. The van der Waals surface area contributed by atoms with E-state index in [1.807, 2.05) is 6.07 Å². The van der Waals surface area contributed by atoms with Crippen molar-refractivity contribution in [2.24, 2.45) is 0 Å². The summed E-state index contributed by atoms with van der Waals surface area (Å²) in [5.74, 6) is -2.76. The lowest BCUT2D eigenvalue weighted by Gasteiger charge is -1.93. The van der Waals surface area contributed by atoms with Crippen LogP contribution in [0.2, 0.25) is 0 Å². The number of carboxylic acids is 1. The van der Waals surface area contributed by atoms with Gasteiger partial charge in [0, 0.05) is 6.20 Å². The predicted molar refractivity (Wildman–Crippen MR) is 37.0 cm³/mol. The summed E-state index contributed by atoms with van der Waals surface area (Å²) in [5.41, 5.74) is 0.569. The lowest BCUT2D eigenvalue weighted by molar-refractivity contribution is -0.192. The van der Waals surface area contributed by atoms with E-state index in [1.165, 1.54) is 6.20 Å². The maximum absolute atomic E-state index is 10.6. The van der Waals surface area contributed by atoms with Crippen LogP contribution in [0.3, 0.4) is 0 Å². The highest BCUT2D eigenvalue weighted by atomic mass is 19.4. The highest BCUT2D eigenvalue weighted by Crippen LogP contribution is 2.13. The van der Waals surface area contributed by atoms with Crippen molar-refractivity contribution in [3.05, 3.63) is 18.0 Å². The number of carbonyl (C=O) groups is 1. The molecule has 0 saturated heterocycles. The molecule has 2 N–H and O–H groups in total. The van der Waals surface area contributed by atoms with E-state index in [1.54, 1.807) is 6.20 Å². The molecule has 0 spiro atoms. The molecule has 8 heteroatoms. The van der Waals surface area contributed by atoms with Gasteiger partial charge >= 0.3 is 12.1 Å². The third kappa shape index (κ3) is 4.76. The largest absolute Gasteiger partial charge is 0.490 e. The van der Waals surface area contributed by atoms with E-state index in [0.29, 0.717) is 5.56 Å². The fourth-order valence-electron chi connectivity index (χ4n) is 0.312. The third-order valence-corrected chi connectivity index (χ3v) is 0.870. The van der Waals surface area contributed by atoms with Crippen molar-refractivity contribution in [2.75, 3.05) is 0 Å². The summed E-state index contributed by atoms with van der Waals surface area (Å²) < 4.78 is 31.7. The van der Waals surface area contributed by atoms with Crippen molar-refractivity contribution in [1.29, 1.82) is 5.26 Å². The number of H-pyrrole nitrogens is 1. The van der Waals surface area contributed by atoms with E-state index in [-0.39, 0.29) is 0 Å². The summed E-state index contributed by atoms with van der Waals surface area (Å²) in [5, 5.41) is 21.3. The number of aromatic nitrogens is 2. The Bertz CT molecular complexity index is 325. The second-order valence-electron chi connectivity index (χ2n) is 1.90. The number of aromatic amines is 1. The van der Waals surface area contributed by atoms with E-state index >= 15 is 0 Å². The lowest BCUT2D eigenvalue weighted by Crippen LogP contribution is -2.21. The molecule has 0 aliphatic rings. The van der Waals surface area contributed by atoms with E-state index in [4.69, 9.17) is 15.2 Å². The quantitative estimate of drug-likeness (QED) is 0.661. The summed E-state index contributed by atoms with van der Waals surface area (Å²) >= 11 is 0. The molecule has 0 radical (unpaired) electrons. The van der Waals surface area contributed by atoms with Crippen LogP contribution in [-0.4, -0.2) is 27.4 Å². The first kappa shape index (κ1) is 12.0. The van der Waals surface area contributed by atoms with Gasteiger partial charge in [-0.05, 0) is 0 Å². The highest BCUT2D eigenvalue weighted by molar-refractivity contribution is 5.73. The smallest absolute Gasteiger partial charge is 0.475 e. The van der Waals surface area contributed by atoms with Crippen molar-refractivity contribution < 1.29 is 23.1 Å². The number of hydrogen-bond acceptors (Lipinski definition) is 3. The topological polar surface area (TPSA) is 89.8 Å². The Kier molecular flexibility index (Phi) is 4.15. The first-order chi connectivity index (χ1) is 6.38. The van der Waals surface area contributed by atoms with Gasteiger partial charge in [-0.15, -0.1) is 0 Å². The van der Waals surface area contributed by atoms with Crippen LogP contribution >= 0.6 is 0 Å². The van der Waals surface area contributed by atoms with E-state index in [9.17, 15) is 13.2 Å². The minimum atomic E-state index is -5.08. The highest BCUT2D eigenvalue weighted by Gasteiger charge is 2.38. The first-order valence-corrected chi connectivity index (χ1v) is 3.07. The van der Waals surface area contributed by atoms with Gasteiger partial charge in [-0.25, -0.2) is 4.79 Å². The summed E-state index contributed by atoms with van der Waals surface area (Å²) in [6, 6.07) is 1.91.